The average molecular weight is 292 g/mol. The normalized spacial score (nSPS) is 12.8. The van der Waals surface area contributed by atoms with E-state index in [9.17, 15) is 8.78 Å². The molecule has 0 radical (unpaired) electrons. The van der Waals surface area contributed by atoms with E-state index < -0.39 is 11.6 Å². The maximum Gasteiger partial charge on any atom is 0.132 e. The first kappa shape index (κ1) is 13.6. The van der Waals surface area contributed by atoms with Gasteiger partial charge in [0.1, 0.15) is 11.6 Å². The topological polar surface area (TPSA) is 12.0 Å². The molecule has 90 valence electrons. The van der Waals surface area contributed by atoms with Crippen molar-refractivity contribution in [2.75, 3.05) is 6.54 Å². The van der Waals surface area contributed by atoms with Crippen molar-refractivity contribution in [1.29, 1.82) is 0 Å². The number of rotatable bonds is 5. The predicted molar refractivity (Wildman–Crippen MR) is 65.4 cm³/mol. The molecule has 0 aromatic heterocycles. The van der Waals surface area contributed by atoms with Gasteiger partial charge in [0.05, 0.1) is 0 Å². The zero-order valence-corrected chi connectivity index (χ0v) is 11.1. The van der Waals surface area contributed by atoms with Crippen molar-refractivity contribution in [3.63, 3.8) is 0 Å². The van der Waals surface area contributed by atoms with E-state index in [2.05, 4.69) is 21.2 Å². The van der Waals surface area contributed by atoms with Gasteiger partial charge in [0.25, 0.3) is 0 Å². The Balaban J connectivity index is 3.07. The number of halogens is 3. The van der Waals surface area contributed by atoms with Gasteiger partial charge in [0.2, 0.25) is 0 Å². The summed E-state index contributed by atoms with van der Waals surface area (Å²) in [6.07, 6.45) is 1.61. The molecule has 0 aliphatic carbocycles. The Morgan fingerprint density at radius 2 is 1.81 bits per heavy atom. The Labute approximate surface area is 103 Å². The molecule has 0 aliphatic heterocycles. The van der Waals surface area contributed by atoms with Gasteiger partial charge >= 0.3 is 0 Å². The first-order valence-electron chi connectivity index (χ1n) is 5.48. The molecule has 1 aromatic rings. The molecule has 0 amide bonds. The van der Waals surface area contributed by atoms with E-state index in [4.69, 9.17) is 0 Å². The van der Waals surface area contributed by atoms with E-state index in [1.807, 2.05) is 13.8 Å². The number of hydrogen-bond acceptors (Lipinski definition) is 1. The Hall–Kier alpha value is -0.480. The van der Waals surface area contributed by atoms with Crippen molar-refractivity contribution < 1.29 is 8.78 Å². The van der Waals surface area contributed by atoms with Crippen LogP contribution in [0.15, 0.2) is 16.6 Å². The standard InChI is InChI=1S/C12H16BrF2N/c1-3-5-11(16-4-2)12-9(14)6-8(13)7-10(12)15/h6-7,11,16H,3-5H2,1-2H3. The summed E-state index contributed by atoms with van der Waals surface area (Å²) in [5.74, 6) is -0.988. The summed E-state index contributed by atoms with van der Waals surface area (Å²) in [4.78, 5) is 0. The molecule has 1 aromatic carbocycles. The molecule has 0 fully saturated rings. The van der Waals surface area contributed by atoms with Gasteiger partial charge in [-0.1, -0.05) is 36.2 Å². The van der Waals surface area contributed by atoms with Crippen LogP contribution in [0, 0.1) is 11.6 Å². The highest BCUT2D eigenvalue weighted by Gasteiger charge is 2.19. The summed E-state index contributed by atoms with van der Waals surface area (Å²) in [5.41, 5.74) is 0.145. The van der Waals surface area contributed by atoms with Crippen LogP contribution in [0.1, 0.15) is 38.3 Å². The lowest BCUT2D eigenvalue weighted by Crippen LogP contribution is -2.23. The Bertz CT molecular complexity index is 326. The molecule has 0 aliphatic rings. The molecule has 1 rings (SSSR count). The van der Waals surface area contributed by atoms with E-state index in [0.29, 0.717) is 11.0 Å². The lowest BCUT2D eigenvalue weighted by atomic mass is 10.0. The second kappa shape index (κ2) is 6.30. The SMILES string of the molecule is CCCC(NCC)c1c(F)cc(Br)cc1F. The smallest absolute Gasteiger partial charge is 0.132 e. The minimum Gasteiger partial charge on any atom is -0.310 e. The molecule has 0 saturated carbocycles. The summed E-state index contributed by atoms with van der Waals surface area (Å²) in [6, 6.07) is 2.36. The van der Waals surface area contributed by atoms with Crippen LogP contribution < -0.4 is 5.32 Å². The first-order chi connectivity index (χ1) is 7.60. The van der Waals surface area contributed by atoms with E-state index in [1.165, 1.54) is 12.1 Å². The molecular formula is C12H16BrF2N. The molecule has 1 N–H and O–H groups in total. The highest BCUT2D eigenvalue weighted by atomic mass is 79.9. The van der Waals surface area contributed by atoms with Crippen molar-refractivity contribution in [1.82, 2.24) is 5.32 Å². The second-order valence-electron chi connectivity index (χ2n) is 3.68. The van der Waals surface area contributed by atoms with E-state index in [1.54, 1.807) is 0 Å². The molecular weight excluding hydrogens is 276 g/mol. The molecule has 0 spiro atoms. The summed E-state index contributed by atoms with van der Waals surface area (Å²) in [5, 5.41) is 3.11. The maximum absolute atomic E-state index is 13.7. The first-order valence-corrected chi connectivity index (χ1v) is 6.27. The van der Waals surface area contributed by atoms with Crippen molar-refractivity contribution in [3.05, 3.63) is 33.8 Å². The van der Waals surface area contributed by atoms with Gasteiger partial charge in [-0.25, -0.2) is 8.78 Å². The fourth-order valence-corrected chi connectivity index (χ4v) is 2.17. The van der Waals surface area contributed by atoms with Crippen LogP contribution in [0.2, 0.25) is 0 Å². The third-order valence-electron chi connectivity index (χ3n) is 2.42. The Morgan fingerprint density at radius 3 is 2.25 bits per heavy atom. The minimum absolute atomic E-state index is 0.145. The molecule has 1 nitrogen and oxygen atoms in total. The summed E-state index contributed by atoms with van der Waals surface area (Å²) in [7, 11) is 0. The highest BCUT2D eigenvalue weighted by molar-refractivity contribution is 9.10. The average Bonchev–Trinajstić information content (AvgIpc) is 2.16. The molecule has 1 atom stereocenters. The number of hydrogen-bond donors (Lipinski definition) is 1. The van der Waals surface area contributed by atoms with Gasteiger partial charge in [-0.3, -0.25) is 0 Å². The molecule has 0 heterocycles. The molecule has 4 heteroatoms. The van der Waals surface area contributed by atoms with Gasteiger partial charge in [-0.05, 0) is 25.1 Å². The Morgan fingerprint density at radius 1 is 1.25 bits per heavy atom. The lowest BCUT2D eigenvalue weighted by Gasteiger charge is -2.19. The van der Waals surface area contributed by atoms with E-state index in [-0.39, 0.29) is 11.6 Å². The minimum atomic E-state index is -0.494. The molecule has 1 unspecified atom stereocenters. The van der Waals surface area contributed by atoms with Crippen LogP contribution in [0.4, 0.5) is 8.78 Å². The number of nitrogens with one attached hydrogen (secondary N) is 1. The number of benzene rings is 1. The van der Waals surface area contributed by atoms with Crippen LogP contribution in [-0.4, -0.2) is 6.54 Å². The van der Waals surface area contributed by atoms with Gasteiger partial charge in [0.15, 0.2) is 0 Å². The molecule has 0 saturated heterocycles. The predicted octanol–water partition coefficient (Wildman–Crippen LogP) is 4.18. The zero-order valence-electron chi connectivity index (χ0n) is 9.49. The summed E-state index contributed by atoms with van der Waals surface area (Å²) in [6.45, 7) is 4.62. The highest BCUT2D eigenvalue weighted by Crippen LogP contribution is 2.27. The van der Waals surface area contributed by atoms with Crippen LogP contribution in [-0.2, 0) is 0 Å². The van der Waals surface area contributed by atoms with Gasteiger partial charge in [-0.15, -0.1) is 0 Å². The lowest BCUT2D eigenvalue weighted by molar-refractivity contribution is 0.451. The van der Waals surface area contributed by atoms with E-state index >= 15 is 0 Å². The fourth-order valence-electron chi connectivity index (χ4n) is 1.77. The fraction of sp³-hybridized carbons (Fsp3) is 0.500. The van der Waals surface area contributed by atoms with Crippen LogP contribution in [0.25, 0.3) is 0 Å². The van der Waals surface area contributed by atoms with Crippen molar-refractivity contribution in [3.8, 4) is 0 Å². The quantitative estimate of drug-likeness (QED) is 0.858. The Kier molecular flexibility index (Phi) is 5.35. The third kappa shape index (κ3) is 3.25. The van der Waals surface area contributed by atoms with Crippen molar-refractivity contribution in [2.45, 2.75) is 32.7 Å². The molecule has 0 bridgehead atoms. The third-order valence-corrected chi connectivity index (χ3v) is 2.88. The second-order valence-corrected chi connectivity index (χ2v) is 4.60. The molecule has 16 heavy (non-hydrogen) atoms. The summed E-state index contributed by atoms with van der Waals surface area (Å²) < 4.78 is 27.8. The van der Waals surface area contributed by atoms with Crippen LogP contribution in [0.3, 0.4) is 0 Å². The van der Waals surface area contributed by atoms with Crippen LogP contribution in [0.5, 0.6) is 0 Å². The maximum atomic E-state index is 13.7. The van der Waals surface area contributed by atoms with Gasteiger partial charge < -0.3 is 5.32 Å². The van der Waals surface area contributed by atoms with Crippen molar-refractivity contribution in [2.24, 2.45) is 0 Å². The van der Waals surface area contributed by atoms with Gasteiger partial charge in [-0.2, -0.15) is 0 Å². The van der Waals surface area contributed by atoms with Gasteiger partial charge in [0, 0.05) is 16.1 Å². The monoisotopic (exact) mass is 291 g/mol. The van der Waals surface area contributed by atoms with Crippen LogP contribution >= 0.6 is 15.9 Å². The largest absolute Gasteiger partial charge is 0.310 e. The van der Waals surface area contributed by atoms with Crippen molar-refractivity contribution >= 4 is 15.9 Å². The van der Waals surface area contributed by atoms with E-state index in [0.717, 1.165) is 12.8 Å². The zero-order chi connectivity index (χ0) is 12.1. The summed E-state index contributed by atoms with van der Waals surface area (Å²) >= 11 is 3.07.